The molecule has 6 heteroatoms. The molecule has 1 unspecified atom stereocenters. The number of carbonyl (C=O) groups excluding carboxylic acids is 1. The van der Waals surface area contributed by atoms with Crippen LogP contribution in [0.3, 0.4) is 0 Å². The summed E-state index contributed by atoms with van der Waals surface area (Å²) in [6, 6.07) is -1.22. The van der Waals surface area contributed by atoms with Crippen molar-refractivity contribution in [1.82, 2.24) is 10.2 Å². The van der Waals surface area contributed by atoms with Crippen LogP contribution >= 0.6 is 0 Å². The minimum Gasteiger partial charge on any atom is -0.480 e. The average Bonchev–Trinajstić information content (AvgIpc) is 2.28. The van der Waals surface area contributed by atoms with Gasteiger partial charge in [0.25, 0.3) is 0 Å². The molecule has 2 N–H and O–H groups in total. The van der Waals surface area contributed by atoms with Crippen LogP contribution in [0.2, 0.25) is 0 Å². The summed E-state index contributed by atoms with van der Waals surface area (Å²) in [6.07, 6.45) is 1.81. The number of hydrogen-bond acceptors (Lipinski definition) is 3. The van der Waals surface area contributed by atoms with E-state index in [1.54, 1.807) is 0 Å². The fourth-order valence-corrected chi connectivity index (χ4v) is 2.10. The number of nitrogens with zero attached hydrogens (tertiary/aromatic N) is 1. The zero-order chi connectivity index (χ0) is 13.8. The highest BCUT2D eigenvalue weighted by Gasteiger charge is 2.34. The molecule has 0 aromatic carbocycles. The second-order valence-corrected chi connectivity index (χ2v) is 5.19. The van der Waals surface area contributed by atoms with Crippen molar-refractivity contribution in [2.45, 2.75) is 45.2 Å². The van der Waals surface area contributed by atoms with Gasteiger partial charge in [-0.25, -0.2) is 9.59 Å². The highest BCUT2D eigenvalue weighted by atomic mass is 16.5. The molecule has 1 fully saturated rings. The normalized spacial score (nSPS) is 20.6. The van der Waals surface area contributed by atoms with Crippen LogP contribution in [0.15, 0.2) is 0 Å². The molecule has 2 amide bonds. The van der Waals surface area contributed by atoms with Crippen LogP contribution in [-0.4, -0.2) is 53.3 Å². The predicted octanol–water partition coefficient (Wildman–Crippen LogP) is 1.06. The molecule has 0 aromatic rings. The Bertz CT molecular complexity index is 317. The molecule has 1 heterocycles. The van der Waals surface area contributed by atoms with E-state index in [-0.39, 0.29) is 18.2 Å². The van der Waals surface area contributed by atoms with E-state index in [0.717, 1.165) is 12.8 Å². The van der Waals surface area contributed by atoms with Gasteiger partial charge in [-0.3, -0.25) is 0 Å². The summed E-state index contributed by atoms with van der Waals surface area (Å²) in [7, 11) is 0. The quantitative estimate of drug-likeness (QED) is 0.790. The third-order valence-electron chi connectivity index (χ3n) is 2.99. The summed E-state index contributed by atoms with van der Waals surface area (Å²) in [4.78, 5) is 24.5. The maximum absolute atomic E-state index is 12.1. The monoisotopic (exact) mass is 258 g/mol. The molecule has 1 rings (SSSR count). The summed E-state index contributed by atoms with van der Waals surface area (Å²) >= 11 is 0. The molecule has 0 radical (unpaired) electrons. The number of amides is 2. The SMILES string of the molecule is CCCC(C)(C)NC(=O)N1CCOCC1C(=O)O. The summed E-state index contributed by atoms with van der Waals surface area (Å²) in [5, 5.41) is 11.9. The van der Waals surface area contributed by atoms with E-state index in [1.165, 1.54) is 4.90 Å². The molecule has 1 aliphatic rings. The lowest BCUT2D eigenvalue weighted by atomic mass is 9.99. The summed E-state index contributed by atoms with van der Waals surface area (Å²) in [6.45, 7) is 6.66. The van der Waals surface area contributed by atoms with Crippen LogP contribution in [0.5, 0.6) is 0 Å². The van der Waals surface area contributed by atoms with E-state index in [2.05, 4.69) is 5.32 Å². The van der Waals surface area contributed by atoms with E-state index in [9.17, 15) is 9.59 Å². The van der Waals surface area contributed by atoms with Crippen molar-refractivity contribution in [3.8, 4) is 0 Å². The number of carboxylic acids is 1. The lowest BCUT2D eigenvalue weighted by Crippen LogP contribution is -2.58. The summed E-state index contributed by atoms with van der Waals surface area (Å²) < 4.78 is 5.10. The van der Waals surface area contributed by atoms with E-state index < -0.39 is 12.0 Å². The lowest BCUT2D eigenvalue weighted by Gasteiger charge is -2.36. The van der Waals surface area contributed by atoms with Crippen molar-refractivity contribution in [3.05, 3.63) is 0 Å². The molecule has 0 aromatic heterocycles. The van der Waals surface area contributed by atoms with Gasteiger partial charge in [0.05, 0.1) is 13.2 Å². The van der Waals surface area contributed by atoms with Gasteiger partial charge in [-0.2, -0.15) is 0 Å². The number of hydrogen-bond donors (Lipinski definition) is 2. The third kappa shape index (κ3) is 3.87. The smallest absolute Gasteiger partial charge is 0.328 e. The van der Waals surface area contributed by atoms with E-state index in [4.69, 9.17) is 9.84 Å². The second-order valence-electron chi connectivity index (χ2n) is 5.19. The highest BCUT2D eigenvalue weighted by Crippen LogP contribution is 2.14. The highest BCUT2D eigenvalue weighted by molar-refractivity contribution is 5.83. The van der Waals surface area contributed by atoms with Crippen LogP contribution in [0.4, 0.5) is 4.79 Å². The maximum Gasteiger partial charge on any atom is 0.328 e. The Hall–Kier alpha value is -1.30. The fourth-order valence-electron chi connectivity index (χ4n) is 2.10. The molecule has 0 spiro atoms. The molecule has 0 bridgehead atoms. The predicted molar refractivity (Wildman–Crippen MR) is 66.5 cm³/mol. The topological polar surface area (TPSA) is 78.9 Å². The van der Waals surface area contributed by atoms with Crippen LogP contribution in [-0.2, 0) is 9.53 Å². The molecule has 104 valence electrons. The van der Waals surface area contributed by atoms with Gasteiger partial charge in [-0.1, -0.05) is 13.3 Å². The van der Waals surface area contributed by atoms with Gasteiger partial charge < -0.3 is 20.1 Å². The molecule has 1 aliphatic heterocycles. The van der Waals surface area contributed by atoms with Gasteiger partial charge >= 0.3 is 12.0 Å². The molecule has 1 atom stereocenters. The Morgan fingerprint density at radius 2 is 2.17 bits per heavy atom. The fraction of sp³-hybridized carbons (Fsp3) is 0.833. The number of aliphatic carboxylic acids is 1. The van der Waals surface area contributed by atoms with Gasteiger partial charge in [-0.15, -0.1) is 0 Å². The van der Waals surface area contributed by atoms with Gasteiger partial charge in [0.1, 0.15) is 0 Å². The first-order valence-electron chi connectivity index (χ1n) is 6.26. The maximum atomic E-state index is 12.1. The first-order valence-corrected chi connectivity index (χ1v) is 6.26. The van der Waals surface area contributed by atoms with Crippen LogP contribution in [0.25, 0.3) is 0 Å². The Morgan fingerprint density at radius 3 is 2.72 bits per heavy atom. The number of urea groups is 1. The number of nitrogens with one attached hydrogen (secondary N) is 1. The van der Waals surface area contributed by atoms with E-state index in [1.807, 2.05) is 20.8 Å². The number of morpholine rings is 1. The van der Waals surface area contributed by atoms with Crippen molar-refractivity contribution >= 4 is 12.0 Å². The number of carbonyl (C=O) groups is 2. The van der Waals surface area contributed by atoms with Gasteiger partial charge in [-0.05, 0) is 20.3 Å². The first kappa shape index (κ1) is 14.8. The molecular weight excluding hydrogens is 236 g/mol. The molecule has 0 saturated carbocycles. The van der Waals surface area contributed by atoms with Crippen molar-refractivity contribution < 1.29 is 19.4 Å². The van der Waals surface area contributed by atoms with E-state index in [0.29, 0.717) is 13.2 Å². The number of rotatable bonds is 4. The summed E-state index contributed by atoms with van der Waals surface area (Å²) in [5.74, 6) is -1.03. The average molecular weight is 258 g/mol. The Balaban J connectivity index is 2.66. The second kappa shape index (κ2) is 6.04. The van der Waals surface area contributed by atoms with Gasteiger partial charge in [0.15, 0.2) is 6.04 Å². The van der Waals surface area contributed by atoms with Crippen molar-refractivity contribution in [3.63, 3.8) is 0 Å². The van der Waals surface area contributed by atoms with Crippen LogP contribution < -0.4 is 5.32 Å². The Morgan fingerprint density at radius 1 is 1.50 bits per heavy atom. The standard InChI is InChI=1S/C12H22N2O4/c1-4-5-12(2,3)13-11(17)14-6-7-18-8-9(14)10(15)16/h9H,4-8H2,1-3H3,(H,13,17)(H,15,16). The van der Waals surface area contributed by atoms with Gasteiger partial charge in [0, 0.05) is 12.1 Å². The molecule has 0 aliphatic carbocycles. The minimum absolute atomic E-state index is 0.0525. The zero-order valence-corrected chi connectivity index (χ0v) is 11.2. The largest absolute Gasteiger partial charge is 0.480 e. The summed E-state index contributed by atoms with van der Waals surface area (Å²) in [5.41, 5.74) is -0.326. The van der Waals surface area contributed by atoms with E-state index >= 15 is 0 Å². The lowest BCUT2D eigenvalue weighted by molar-refractivity contribution is -0.147. The minimum atomic E-state index is -1.03. The number of ether oxygens (including phenoxy) is 1. The molecule has 1 saturated heterocycles. The molecule has 6 nitrogen and oxygen atoms in total. The zero-order valence-electron chi connectivity index (χ0n) is 11.2. The van der Waals surface area contributed by atoms with Crippen molar-refractivity contribution in [2.24, 2.45) is 0 Å². The van der Waals surface area contributed by atoms with Crippen LogP contribution in [0, 0.1) is 0 Å². The third-order valence-corrected chi connectivity index (χ3v) is 2.99. The molecule has 18 heavy (non-hydrogen) atoms. The Kier molecular flexibility index (Phi) is 4.95. The van der Waals surface area contributed by atoms with Crippen molar-refractivity contribution in [1.29, 1.82) is 0 Å². The Labute approximate surface area is 107 Å². The number of carboxylic acid groups (broad SMARTS) is 1. The molecular formula is C12H22N2O4. The van der Waals surface area contributed by atoms with Crippen molar-refractivity contribution in [2.75, 3.05) is 19.8 Å². The van der Waals surface area contributed by atoms with Gasteiger partial charge in [0.2, 0.25) is 0 Å². The first-order chi connectivity index (χ1) is 8.37. The van der Waals surface area contributed by atoms with Crippen LogP contribution in [0.1, 0.15) is 33.6 Å².